The molecule has 1 aromatic rings. The zero-order valence-corrected chi connectivity index (χ0v) is 13.9. The first-order valence-electron chi connectivity index (χ1n) is 7.09. The number of aliphatic hydroxyl groups excluding tert-OH is 1. The molecule has 1 atom stereocenters. The number of rotatable bonds is 5. The van der Waals surface area contributed by atoms with Crippen molar-refractivity contribution in [2.24, 2.45) is 5.73 Å². The smallest absolute Gasteiger partial charge is 0.123 e. The highest BCUT2D eigenvalue weighted by Crippen LogP contribution is 2.21. The van der Waals surface area contributed by atoms with E-state index in [9.17, 15) is 0 Å². The predicted octanol–water partition coefficient (Wildman–Crippen LogP) is 2.21. The molecule has 21 heavy (non-hydrogen) atoms. The highest BCUT2D eigenvalue weighted by Gasteiger charge is 2.15. The molecule has 1 unspecified atom stereocenters. The van der Waals surface area contributed by atoms with Crippen molar-refractivity contribution in [3.8, 4) is 5.75 Å². The number of aliphatic hydroxyl groups is 1. The second kappa shape index (κ2) is 11.1. The minimum Gasteiger partial charge on any atom is -0.491 e. The van der Waals surface area contributed by atoms with Gasteiger partial charge in [-0.15, -0.1) is 24.8 Å². The van der Waals surface area contributed by atoms with Crippen molar-refractivity contribution in [2.45, 2.75) is 31.8 Å². The van der Waals surface area contributed by atoms with Crippen LogP contribution in [0, 0.1) is 0 Å². The molecule has 0 aliphatic carbocycles. The van der Waals surface area contributed by atoms with Crippen LogP contribution in [-0.4, -0.2) is 42.4 Å². The largest absolute Gasteiger partial charge is 0.491 e. The minimum absolute atomic E-state index is 0. The molecule has 4 nitrogen and oxygen atoms in total. The van der Waals surface area contributed by atoms with Crippen LogP contribution in [0.2, 0.25) is 0 Å². The Kier molecular flexibility index (Phi) is 10.8. The quantitative estimate of drug-likeness (QED) is 0.865. The van der Waals surface area contributed by atoms with Crippen LogP contribution in [-0.2, 0) is 6.54 Å². The number of halogens is 2. The molecule has 1 heterocycles. The Morgan fingerprint density at radius 3 is 2.71 bits per heavy atom. The second-order valence-corrected chi connectivity index (χ2v) is 5.15. The molecule has 6 heteroatoms. The molecular weight excluding hydrogens is 311 g/mol. The van der Waals surface area contributed by atoms with Gasteiger partial charge in [-0.1, -0.05) is 18.2 Å². The zero-order chi connectivity index (χ0) is 13.5. The van der Waals surface area contributed by atoms with Crippen molar-refractivity contribution >= 4 is 24.8 Å². The summed E-state index contributed by atoms with van der Waals surface area (Å²) in [6.07, 6.45) is 3.36. The van der Waals surface area contributed by atoms with Gasteiger partial charge < -0.3 is 15.6 Å². The van der Waals surface area contributed by atoms with Gasteiger partial charge in [0.05, 0.1) is 6.61 Å². The first-order chi connectivity index (χ1) is 9.29. The van der Waals surface area contributed by atoms with Crippen molar-refractivity contribution in [1.29, 1.82) is 0 Å². The Bertz CT molecular complexity index is 394. The number of ether oxygens (including phenoxy) is 1. The summed E-state index contributed by atoms with van der Waals surface area (Å²) in [5.74, 6) is 0.880. The van der Waals surface area contributed by atoms with Gasteiger partial charge >= 0.3 is 0 Å². The summed E-state index contributed by atoms with van der Waals surface area (Å²) in [7, 11) is 0. The van der Waals surface area contributed by atoms with Gasteiger partial charge in [0, 0.05) is 18.2 Å². The van der Waals surface area contributed by atoms with Gasteiger partial charge in [0.25, 0.3) is 0 Å². The van der Waals surface area contributed by atoms with Crippen LogP contribution in [0.15, 0.2) is 24.3 Å². The molecule has 3 N–H and O–H groups in total. The Labute approximate surface area is 139 Å². The summed E-state index contributed by atoms with van der Waals surface area (Å²) in [6.45, 7) is 3.45. The van der Waals surface area contributed by atoms with E-state index >= 15 is 0 Å². The number of para-hydroxylation sites is 1. The molecule has 1 aliphatic rings. The molecule has 0 aromatic heterocycles. The van der Waals surface area contributed by atoms with E-state index in [0.29, 0.717) is 12.6 Å². The van der Waals surface area contributed by atoms with Gasteiger partial charge in [0.15, 0.2) is 0 Å². The van der Waals surface area contributed by atoms with Crippen molar-refractivity contribution in [2.75, 3.05) is 26.3 Å². The fourth-order valence-electron chi connectivity index (χ4n) is 2.51. The lowest BCUT2D eigenvalue weighted by Crippen LogP contribution is -2.26. The number of nitrogens with two attached hydrogens (primary N) is 1. The van der Waals surface area contributed by atoms with Crippen molar-refractivity contribution in [3.05, 3.63) is 29.8 Å². The van der Waals surface area contributed by atoms with Crippen molar-refractivity contribution < 1.29 is 9.84 Å². The molecule has 1 saturated heterocycles. The Morgan fingerprint density at radius 2 is 1.95 bits per heavy atom. The van der Waals surface area contributed by atoms with Gasteiger partial charge in [0.1, 0.15) is 12.4 Å². The number of likely N-dealkylation sites (tertiary alicyclic amines) is 1. The first kappa shape index (κ1) is 20.5. The van der Waals surface area contributed by atoms with E-state index in [1.807, 2.05) is 18.2 Å². The fraction of sp³-hybridized carbons (Fsp3) is 0.600. The fourth-order valence-corrected chi connectivity index (χ4v) is 2.51. The molecule has 0 bridgehead atoms. The van der Waals surface area contributed by atoms with Crippen LogP contribution in [0.3, 0.4) is 0 Å². The highest BCUT2D eigenvalue weighted by molar-refractivity contribution is 5.85. The van der Waals surface area contributed by atoms with Crippen LogP contribution >= 0.6 is 24.8 Å². The summed E-state index contributed by atoms with van der Waals surface area (Å²) in [4.78, 5) is 2.44. The lowest BCUT2D eigenvalue weighted by molar-refractivity contribution is 0.197. The zero-order valence-electron chi connectivity index (χ0n) is 12.2. The summed E-state index contributed by atoms with van der Waals surface area (Å²) in [6, 6.07) is 8.41. The first-order valence-corrected chi connectivity index (χ1v) is 7.09. The second-order valence-electron chi connectivity index (χ2n) is 5.15. The van der Waals surface area contributed by atoms with E-state index in [2.05, 4.69) is 11.0 Å². The third-order valence-corrected chi connectivity index (χ3v) is 3.58. The molecule has 1 aromatic carbocycles. The number of benzene rings is 1. The van der Waals surface area contributed by atoms with Crippen LogP contribution in [0.4, 0.5) is 0 Å². The average Bonchev–Trinajstić information content (AvgIpc) is 2.63. The van der Waals surface area contributed by atoms with E-state index in [1.165, 1.54) is 12.0 Å². The SMILES string of the molecule is Cl.Cl.NC1CCCN(Cc2ccccc2OCCO)CC1. The van der Waals surface area contributed by atoms with Crippen LogP contribution in [0.1, 0.15) is 24.8 Å². The molecule has 0 radical (unpaired) electrons. The third-order valence-electron chi connectivity index (χ3n) is 3.58. The van der Waals surface area contributed by atoms with E-state index in [-0.39, 0.29) is 31.4 Å². The summed E-state index contributed by atoms with van der Waals surface area (Å²) < 4.78 is 5.58. The maximum Gasteiger partial charge on any atom is 0.123 e. The average molecular weight is 337 g/mol. The molecule has 0 spiro atoms. The Hall–Kier alpha value is -0.520. The number of nitrogens with zero attached hydrogens (tertiary/aromatic N) is 1. The van der Waals surface area contributed by atoms with Crippen LogP contribution in [0.25, 0.3) is 0 Å². The molecule has 0 amide bonds. The summed E-state index contributed by atoms with van der Waals surface area (Å²) >= 11 is 0. The maximum absolute atomic E-state index is 8.86. The lowest BCUT2D eigenvalue weighted by atomic mass is 10.1. The van der Waals surface area contributed by atoms with Crippen molar-refractivity contribution in [1.82, 2.24) is 4.90 Å². The molecule has 122 valence electrons. The summed E-state index contributed by atoms with van der Waals surface area (Å²) in [5, 5.41) is 8.86. The molecule has 2 rings (SSSR count). The van der Waals surface area contributed by atoms with Crippen molar-refractivity contribution in [3.63, 3.8) is 0 Å². The van der Waals surface area contributed by atoms with E-state index in [0.717, 1.165) is 38.2 Å². The van der Waals surface area contributed by atoms with Crippen LogP contribution < -0.4 is 10.5 Å². The lowest BCUT2D eigenvalue weighted by Gasteiger charge is -2.21. The minimum atomic E-state index is 0. The molecule has 1 aliphatic heterocycles. The van der Waals surface area contributed by atoms with E-state index in [4.69, 9.17) is 15.6 Å². The number of hydrogen-bond donors (Lipinski definition) is 2. The maximum atomic E-state index is 8.86. The van der Waals surface area contributed by atoms with Gasteiger partial charge in [0.2, 0.25) is 0 Å². The highest BCUT2D eigenvalue weighted by atomic mass is 35.5. The van der Waals surface area contributed by atoms with E-state index < -0.39 is 0 Å². The monoisotopic (exact) mass is 336 g/mol. The standard InChI is InChI=1S/C15H24N2O2.2ClH/c16-14-5-3-8-17(9-7-14)12-13-4-1-2-6-15(13)19-11-10-18;;/h1-2,4,6,14,18H,3,5,7-12,16H2;2*1H. The van der Waals surface area contributed by atoms with Gasteiger partial charge in [-0.2, -0.15) is 0 Å². The normalized spacial score (nSPS) is 19.0. The van der Waals surface area contributed by atoms with Gasteiger partial charge in [-0.3, -0.25) is 4.90 Å². The molecular formula is C15H26Cl2N2O2. The number of hydrogen-bond acceptors (Lipinski definition) is 4. The van der Waals surface area contributed by atoms with E-state index in [1.54, 1.807) is 0 Å². The topological polar surface area (TPSA) is 58.7 Å². The Balaban J connectivity index is 0.00000200. The third kappa shape index (κ3) is 6.85. The Morgan fingerprint density at radius 1 is 1.19 bits per heavy atom. The van der Waals surface area contributed by atoms with Gasteiger partial charge in [-0.25, -0.2) is 0 Å². The van der Waals surface area contributed by atoms with Crippen LogP contribution in [0.5, 0.6) is 5.75 Å². The molecule has 1 fully saturated rings. The predicted molar refractivity (Wildman–Crippen MR) is 90.6 cm³/mol. The molecule has 0 saturated carbocycles. The summed E-state index contributed by atoms with van der Waals surface area (Å²) in [5.41, 5.74) is 7.19. The van der Waals surface area contributed by atoms with Gasteiger partial charge in [-0.05, 0) is 38.4 Å².